The van der Waals surface area contributed by atoms with Crippen LogP contribution in [0.1, 0.15) is 6.42 Å². The number of carbonyl (C=O) groups is 1. The second kappa shape index (κ2) is 41.7. The molecule has 0 aromatic heterocycles. The first kappa shape index (κ1) is 50.0. The van der Waals surface area contributed by atoms with Crippen LogP contribution in [0.5, 0.6) is 5.75 Å². The van der Waals surface area contributed by atoms with Crippen molar-refractivity contribution in [3.05, 3.63) is 29.6 Å². The third-order valence-electron chi connectivity index (χ3n) is 5.90. The van der Waals surface area contributed by atoms with E-state index < -0.39 is 23.2 Å². The number of carbonyl (C=O) groups excluding carboxylic acids is 1. The van der Waals surface area contributed by atoms with Crippen molar-refractivity contribution in [2.75, 3.05) is 172 Å². The van der Waals surface area contributed by atoms with Crippen molar-refractivity contribution >= 4 is 6.29 Å². The number of methoxy groups -OCH3 is 1. The first-order chi connectivity index (χ1) is 25.6. The highest BCUT2D eigenvalue weighted by Crippen LogP contribution is 2.21. The summed E-state index contributed by atoms with van der Waals surface area (Å²) in [6.07, 6.45) is 1.25. The molecular formula is C34H60F3NO14. The Morgan fingerprint density at radius 2 is 0.673 bits per heavy atom. The summed E-state index contributed by atoms with van der Waals surface area (Å²) in [6.45, 7) is 12.7. The van der Waals surface area contributed by atoms with Crippen LogP contribution in [0.25, 0.3) is 0 Å². The number of aldehydes is 1. The van der Waals surface area contributed by atoms with Gasteiger partial charge in [-0.05, 0) is 0 Å². The molecule has 15 nitrogen and oxygen atoms in total. The van der Waals surface area contributed by atoms with Crippen LogP contribution in [0, 0.1) is 17.5 Å². The van der Waals surface area contributed by atoms with Gasteiger partial charge in [0.25, 0.3) is 0 Å². The van der Waals surface area contributed by atoms with Crippen molar-refractivity contribution in [1.82, 2.24) is 0 Å². The number of halogens is 3. The Morgan fingerprint density at radius 3 is 0.885 bits per heavy atom. The van der Waals surface area contributed by atoms with Crippen LogP contribution in [-0.2, 0) is 61.6 Å². The molecule has 0 radical (unpaired) electrons. The summed E-state index contributed by atoms with van der Waals surface area (Å²) in [4.78, 5) is 10.1. The lowest BCUT2D eigenvalue weighted by Gasteiger charge is -2.09. The summed E-state index contributed by atoms with van der Waals surface area (Å²) in [6, 6.07) is 1.11. The molecular weight excluding hydrogens is 703 g/mol. The monoisotopic (exact) mass is 763 g/mol. The summed E-state index contributed by atoms with van der Waals surface area (Å²) < 4.78 is 106. The van der Waals surface area contributed by atoms with E-state index in [4.69, 9.17) is 62.6 Å². The number of ether oxygens (including phenoxy) is 13. The molecule has 1 aromatic rings. The Morgan fingerprint density at radius 1 is 0.442 bits per heavy atom. The van der Waals surface area contributed by atoms with Crippen LogP contribution in [-0.4, -0.2) is 179 Å². The van der Waals surface area contributed by atoms with Gasteiger partial charge in [0.1, 0.15) is 12.1 Å². The molecule has 0 aliphatic carbocycles. The zero-order valence-electron chi connectivity index (χ0n) is 30.5. The number of hydrogen-bond acceptors (Lipinski definition) is 15. The van der Waals surface area contributed by atoms with Gasteiger partial charge in [0, 0.05) is 25.1 Å². The summed E-state index contributed by atoms with van der Waals surface area (Å²) in [5.41, 5.74) is 5.32. The maximum absolute atomic E-state index is 12.5. The van der Waals surface area contributed by atoms with Gasteiger partial charge in [0.15, 0.2) is 17.4 Å². The van der Waals surface area contributed by atoms with E-state index in [-0.39, 0.29) is 0 Å². The average molecular weight is 764 g/mol. The van der Waals surface area contributed by atoms with Gasteiger partial charge >= 0.3 is 0 Å². The molecule has 18 heteroatoms. The molecule has 0 unspecified atom stereocenters. The van der Waals surface area contributed by atoms with E-state index in [1.54, 1.807) is 0 Å². The fourth-order valence-electron chi connectivity index (χ4n) is 3.46. The fraction of sp³-hybridized carbons (Fsp3) is 0.794. The molecule has 0 aliphatic heterocycles. The van der Waals surface area contributed by atoms with Gasteiger partial charge in [0.2, 0.25) is 0 Å². The van der Waals surface area contributed by atoms with Crippen LogP contribution >= 0.6 is 0 Å². The molecule has 0 saturated heterocycles. The predicted octanol–water partition coefficient (Wildman–Crippen LogP) is 1.85. The van der Waals surface area contributed by atoms with Crippen molar-refractivity contribution in [2.45, 2.75) is 6.42 Å². The highest BCUT2D eigenvalue weighted by Gasteiger charge is 2.10. The molecule has 0 fully saturated rings. The highest BCUT2D eigenvalue weighted by molar-refractivity contribution is 5.49. The van der Waals surface area contributed by atoms with Crippen molar-refractivity contribution in [1.29, 1.82) is 0 Å². The molecule has 2 N–H and O–H groups in total. The minimum absolute atomic E-state index is 0.414. The first-order valence-electron chi connectivity index (χ1n) is 17.3. The number of benzene rings is 1. The van der Waals surface area contributed by atoms with E-state index >= 15 is 0 Å². The van der Waals surface area contributed by atoms with Gasteiger partial charge < -0.3 is 72.1 Å². The quantitative estimate of drug-likeness (QED) is 0.0763. The molecule has 306 valence electrons. The van der Waals surface area contributed by atoms with Crippen molar-refractivity contribution in [3.8, 4) is 5.75 Å². The lowest BCUT2D eigenvalue weighted by atomic mass is 10.3. The first-order valence-corrected chi connectivity index (χ1v) is 17.3. The second-order valence-corrected chi connectivity index (χ2v) is 10.00. The molecule has 1 aromatic carbocycles. The molecule has 0 atom stereocenters. The minimum Gasteiger partial charge on any atom is -0.491 e. The molecule has 0 spiro atoms. The van der Waals surface area contributed by atoms with E-state index in [9.17, 15) is 18.0 Å². The molecule has 0 saturated carbocycles. The zero-order valence-corrected chi connectivity index (χ0v) is 30.5. The summed E-state index contributed by atoms with van der Waals surface area (Å²) in [7, 11) is 1.11. The lowest BCUT2D eigenvalue weighted by Crippen LogP contribution is -2.15. The molecule has 0 aliphatic rings. The third kappa shape index (κ3) is 36.3. The van der Waals surface area contributed by atoms with Gasteiger partial charge in [-0.3, -0.25) is 0 Å². The van der Waals surface area contributed by atoms with Crippen LogP contribution in [0.2, 0.25) is 0 Å². The normalized spacial score (nSPS) is 11.1. The average Bonchev–Trinajstić information content (AvgIpc) is 3.13. The van der Waals surface area contributed by atoms with Crippen LogP contribution in [0.15, 0.2) is 12.1 Å². The Labute approximate surface area is 305 Å². The Hall–Kier alpha value is -2.04. The number of hydrogen-bond donors (Lipinski definition) is 1. The molecule has 1 rings (SSSR count). The van der Waals surface area contributed by atoms with Crippen LogP contribution in [0.3, 0.4) is 0 Å². The molecule has 52 heavy (non-hydrogen) atoms. The largest absolute Gasteiger partial charge is 0.491 e. The lowest BCUT2D eigenvalue weighted by molar-refractivity contribution is -0.109. The summed E-state index contributed by atoms with van der Waals surface area (Å²) in [5.74, 6) is -3.60. The van der Waals surface area contributed by atoms with E-state index in [2.05, 4.69) is 4.74 Å². The standard InChI is InChI=1S/C27H55NO13.C7H5F3O/c28-2-5-31-7-9-33-11-13-35-15-17-37-19-21-39-23-25-41-27-26-40-24-22-38-20-18-36-16-14-34-12-10-32-8-6-30-4-1-3-29;1-11-7-5(9)2-4(8)3-6(7)10/h3H,1-2,4-28H2;2-3H,1H3. The zero-order chi connectivity index (χ0) is 38.0. The number of rotatable bonds is 39. The summed E-state index contributed by atoms with van der Waals surface area (Å²) >= 11 is 0. The van der Waals surface area contributed by atoms with Crippen LogP contribution in [0.4, 0.5) is 13.2 Å². The molecule has 0 amide bonds. The van der Waals surface area contributed by atoms with Crippen molar-refractivity contribution in [2.24, 2.45) is 5.73 Å². The van der Waals surface area contributed by atoms with Gasteiger partial charge in [-0.25, -0.2) is 13.2 Å². The maximum atomic E-state index is 12.5. The minimum atomic E-state index is -1.04. The third-order valence-corrected chi connectivity index (χ3v) is 5.90. The van der Waals surface area contributed by atoms with Gasteiger partial charge in [-0.1, -0.05) is 0 Å². The predicted molar refractivity (Wildman–Crippen MR) is 182 cm³/mol. The SMILES string of the molecule is COc1c(F)cc(F)cc1F.NCCOCCOCCOCCOCCOCCOCCOCCOCCOCCOCCOCCOCCC=O. The molecule has 0 heterocycles. The van der Waals surface area contributed by atoms with E-state index in [0.29, 0.717) is 184 Å². The smallest absolute Gasteiger partial charge is 0.190 e. The Bertz CT molecular complexity index is 875. The van der Waals surface area contributed by atoms with Gasteiger partial charge in [-0.15, -0.1) is 0 Å². The Balaban J connectivity index is 0.00000199. The van der Waals surface area contributed by atoms with Crippen molar-refractivity contribution in [3.63, 3.8) is 0 Å². The molecule has 0 bridgehead atoms. The second-order valence-electron chi connectivity index (χ2n) is 10.00. The van der Waals surface area contributed by atoms with Gasteiger partial charge in [0.05, 0.1) is 166 Å². The fourth-order valence-corrected chi connectivity index (χ4v) is 3.46. The topological polar surface area (TPSA) is 163 Å². The van der Waals surface area contributed by atoms with Crippen LogP contribution < -0.4 is 10.5 Å². The Kier molecular flexibility index (Phi) is 40.1. The maximum Gasteiger partial charge on any atom is 0.190 e. The van der Waals surface area contributed by atoms with Gasteiger partial charge in [-0.2, -0.15) is 0 Å². The highest BCUT2D eigenvalue weighted by atomic mass is 19.1. The van der Waals surface area contributed by atoms with Crippen molar-refractivity contribution < 1.29 is 79.5 Å². The van der Waals surface area contributed by atoms with E-state index in [0.717, 1.165) is 13.4 Å². The van der Waals surface area contributed by atoms with E-state index in [1.807, 2.05) is 0 Å². The summed E-state index contributed by atoms with van der Waals surface area (Å²) in [5, 5.41) is 0. The van der Waals surface area contributed by atoms with E-state index in [1.165, 1.54) is 0 Å². The number of nitrogens with two attached hydrogens (primary N) is 1.